The minimum atomic E-state index is -3.73. The number of benzene rings is 3. The van der Waals surface area contributed by atoms with E-state index in [4.69, 9.17) is 14.9 Å². The van der Waals surface area contributed by atoms with Crippen molar-refractivity contribution in [3.05, 3.63) is 90.1 Å². The first-order valence-electron chi connectivity index (χ1n) is 14.0. The van der Waals surface area contributed by atoms with Crippen LogP contribution in [0.4, 0.5) is 0 Å². The quantitative estimate of drug-likeness (QED) is 0.179. The van der Waals surface area contributed by atoms with Crippen LogP contribution in [-0.4, -0.2) is 25.1 Å². The summed E-state index contributed by atoms with van der Waals surface area (Å²) in [6.45, 7) is 5.85. The van der Waals surface area contributed by atoms with E-state index in [2.05, 4.69) is 54.1 Å². The number of nitrogens with two attached hydrogens (primary N) is 1. The van der Waals surface area contributed by atoms with Crippen molar-refractivity contribution < 1.29 is 13.2 Å². The van der Waals surface area contributed by atoms with Crippen LogP contribution in [0.5, 0.6) is 5.75 Å². The molecule has 1 heterocycles. The molecule has 212 valence electrons. The number of rotatable bonds is 14. The van der Waals surface area contributed by atoms with E-state index in [-0.39, 0.29) is 10.9 Å². The minimum absolute atomic E-state index is 0.0387. The number of aromatic nitrogens is 2. The van der Waals surface area contributed by atoms with Crippen molar-refractivity contribution in [2.45, 2.75) is 70.0 Å². The predicted molar refractivity (Wildman–Crippen MR) is 161 cm³/mol. The smallest absolute Gasteiger partial charge is 0.238 e. The molecule has 0 spiro atoms. The number of imidazole rings is 1. The normalized spacial score (nSPS) is 12.4. The monoisotopic (exact) mass is 560 g/mol. The lowest BCUT2D eigenvalue weighted by Crippen LogP contribution is -2.25. The van der Waals surface area contributed by atoms with Crippen molar-refractivity contribution in [3.8, 4) is 28.4 Å². The number of hydrogen-bond donors (Lipinski definition) is 2. The highest BCUT2D eigenvalue weighted by Gasteiger charge is 2.26. The maximum atomic E-state index is 11.7. The van der Waals surface area contributed by atoms with Gasteiger partial charge in [-0.05, 0) is 42.7 Å². The van der Waals surface area contributed by atoms with Crippen LogP contribution in [0.2, 0.25) is 0 Å². The summed E-state index contributed by atoms with van der Waals surface area (Å²) in [4.78, 5) is 5.40. The number of primary sulfonamides is 1. The molecule has 0 aliphatic heterocycles. The number of sulfonamides is 1. The Morgan fingerprint density at radius 2 is 1.62 bits per heavy atom. The third kappa shape index (κ3) is 7.18. The summed E-state index contributed by atoms with van der Waals surface area (Å²) < 4.78 is 31.4. The Kier molecular flexibility index (Phi) is 10.1. The lowest BCUT2D eigenvalue weighted by atomic mass is 10.0. The number of ether oxygens (including phenoxy) is 1. The van der Waals surface area contributed by atoms with Gasteiger partial charge in [-0.2, -0.15) is 0 Å². The second-order valence-corrected chi connectivity index (χ2v) is 11.6. The van der Waals surface area contributed by atoms with Crippen LogP contribution < -0.4 is 15.2 Å². The average molecular weight is 561 g/mol. The Hall–Kier alpha value is -3.46. The molecule has 1 aromatic heterocycles. The molecule has 1 atom stereocenters. The Morgan fingerprint density at radius 1 is 0.925 bits per heavy atom. The summed E-state index contributed by atoms with van der Waals surface area (Å²) in [6.07, 6.45) is 5.18. The third-order valence-electron chi connectivity index (χ3n) is 7.10. The molecule has 0 aliphatic rings. The molecule has 3 N–H and O–H groups in total. The number of nitrogens with zero attached hydrogens (tertiary/aromatic N) is 2. The van der Waals surface area contributed by atoms with Crippen LogP contribution in [0.1, 0.15) is 63.3 Å². The molecule has 0 fully saturated rings. The van der Waals surface area contributed by atoms with Crippen molar-refractivity contribution >= 4 is 10.0 Å². The van der Waals surface area contributed by atoms with E-state index in [1.54, 1.807) is 19.2 Å². The Bertz CT molecular complexity index is 1480. The summed E-state index contributed by atoms with van der Waals surface area (Å²) >= 11 is 0. The van der Waals surface area contributed by atoms with Gasteiger partial charge in [-0.25, -0.2) is 18.5 Å². The van der Waals surface area contributed by atoms with Crippen molar-refractivity contribution in [1.29, 1.82) is 0 Å². The Morgan fingerprint density at radius 3 is 2.27 bits per heavy atom. The van der Waals surface area contributed by atoms with Gasteiger partial charge in [0.05, 0.1) is 23.4 Å². The number of methoxy groups -OCH3 is 1. The highest BCUT2D eigenvalue weighted by Crippen LogP contribution is 2.36. The standard InChI is InChI=1S/C32H40N4O3S/c1-4-6-16-29(34-23-24-17-19-28(20-18-24)40(33,37)38)31-30(25-12-9-8-10-13-25)35-32(36(31)21-7-5-2)26-14-11-15-27(22-26)39-3/h8-15,17-20,22,29,34H,4-7,16,21,23H2,1-3H3,(H2,33,37,38). The maximum Gasteiger partial charge on any atom is 0.238 e. The van der Waals surface area contributed by atoms with Crippen LogP contribution in [-0.2, 0) is 23.1 Å². The van der Waals surface area contributed by atoms with Crippen LogP contribution in [0, 0.1) is 0 Å². The zero-order valence-corrected chi connectivity index (χ0v) is 24.5. The van der Waals surface area contributed by atoms with E-state index in [0.717, 1.165) is 72.6 Å². The molecule has 40 heavy (non-hydrogen) atoms. The van der Waals surface area contributed by atoms with Gasteiger partial charge in [0, 0.05) is 30.3 Å². The van der Waals surface area contributed by atoms with E-state index < -0.39 is 10.0 Å². The van der Waals surface area contributed by atoms with E-state index in [1.807, 2.05) is 36.4 Å². The van der Waals surface area contributed by atoms with E-state index in [9.17, 15) is 8.42 Å². The van der Waals surface area contributed by atoms with Gasteiger partial charge in [0.2, 0.25) is 10.0 Å². The molecule has 7 nitrogen and oxygen atoms in total. The van der Waals surface area contributed by atoms with Crippen LogP contribution in [0.15, 0.2) is 83.8 Å². The van der Waals surface area contributed by atoms with Crippen LogP contribution in [0.3, 0.4) is 0 Å². The summed E-state index contributed by atoms with van der Waals surface area (Å²) in [5, 5.41) is 9.09. The fourth-order valence-corrected chi connectivity index (χ4v) is 5.45. The first kappa shape index (κ1) is 29.5. The van der Waals surface area contributed by atoms with Crippen LogP contribution >= 0.6 is 0 Å². The van der Waals surface area contributed by atoms with Gasteiger partial charge < -0.3 is 14.6 Å². The van der Waals surface area contributed by atoms with Crippen LogP contribution in [0.25, 0.3) is 22.6 Å². The zero-order chi connectivity index (χ0) is 28.5. The summed E-state index contributed by atoms with van der Waals surface area (Å²) in [5.74, 6) is 1.73. The first-order chi connectivity index (χ1) is 19.4. The predicted octanol–water partition coefficient (Wildman–Crippen LogP) is 6.69. The lowest BCUT2D eigenvalue weighted by molar-refractivity contribution is 0.415. The molecule has 4 rings (SSSR count). The molecule has 4 aromatic rings. The second-order valence-electron chi connectivity index (χ2n) is 10.0. The van der Waals surface area contributed by atoms with Gasteiger partial charge in [0.25, 0.3) is 0 Å². The second kappa shape index (κ2) is 13.7. The minimum Gasteiger partial charge on any atom is -0.497 e. The molecular formula is C32H40N4O3S. The van der Waals surface area contributed by atoms with E-state index in [0.29, 0.717) is 6.54 Å². The van der Waals surface area contributed by atoms with E-state index >= 15 is 0 Å². The highest BCUT2D eigenvalue weighted by molar-refractivity contribution is 7.89. The van der Waals surface area contributed by atoms with Crippen molar-refractivity contribution in [2.24, 2.45) is 5.14 Å². The zero-order valence-electron chi connectivity index (χ0n) is 23.6. The lowest BCUT2D eigenvalue weighted by Gasteiger charge is -2.23. The summed E-state index contributed by atoms with van der Waals surface area (Å²) in [6, 6.07) is 25.3. The number of hydrogen-bond acceptors (Lipinski definition) is 5. The van der Waals surface area contributed by atoms with Gasteiger partial charge >= 0.3 is 0 Å². The molecule has 1 unspecified atom stereocenters. The molecule has 0 radical (unpaired) electrons. The topological polar surface area (TPSA) is 99.2 Å². The fraction of sp³-hybridized carbons (Fsp3) is 0.344. The molecule has 0 amide bonds. The average Bonchev–Trinajstić information content (AvgIpc) is 3.35. The van der Waals surface area contributed by atoms with Gasteiger partial charge in [0.15, 0.2) is 0 Å². The molecule has 8 heteroatoms. The van der Waals surface area contributed by atoms with Crippen molar-refractivity contribution in [1.82, 2.24) is 14.9 Å². The third-order valence-corrected chi connectivity index (χ3v) is 8.03. The van der Waals surface area contributed by atoms with Crippen molar-refractivity contribution in [3.63, 3.8) is 0 Å². The van der Waals surface area contributed by atoms with Crippen molar-refractivity contribution in [2.75, 3.05) is 7.11 Å². The molecule has 0 bridgehead atoms. The maximum absolute atomic E-state index is 11.7. The van der Waals surface area contributed by atoms with E-state index in [1.165, 1.54) is 5.69 Å². The first-order valence-corrected chi connectivity index (χ1v) is 15.6. The highest BCUT2D eigenvalue weighted by atomic mass is 32.2. The molecule has 0 saturated heterocycles. The molecule has 3 aromatic carbocycles. The van der Waals surface area contributed by atoms with Gasteiger partial charge in [-0.3, -0.25) is 0 Å². The fourth-order valence-electron chi connectivity index (χ4n) is 4.93. The van der Waals surface area contributed by atoms with Gasteiger partial charge in [0.1, 0.15) is 11.6 Å². The summed E-state index contributed by atoms with van der Waals surface area (Å²) in [7, 11) is -2.04. The molecule has 0 saturated carbocycles. The number of nitrogens with one attached hydrogen (secondary N) is 1. The SMILES string of the molecule is CCCCC(NCc1ccc(S(N)(=O)=O)cc1)c1c(-c2ccccc2)nc(-c2cccc(OC)c2)n1CCCC. The van der Waals surface area contributed by atoms with Gasteiger partial charge in [-0.15, -0.1) is 0 Å². The number of unbranched alkanes of at least 4 members (excludes halogenated alkanes) is 2. The Balaban J connectivity index is 1.81. The largest absolute Gasteiger partial charge is 0.497 e. The molecular weight excluding hydrogens is 520 g/mol. The van der Waals surface area contributed by atoms with Gasteiger partial charge in [-0.1, -0.05) is 87.7 Å². The molecule has 0 aliphatic carbocycles. The Labute approximate surface area is 238 Å². The summed E-state index contributed by atoms with van der Waals surface area (Å²) in [5.41, 5.74) is 5.24.